The molecule has 1 atom stereocenters. The first-order valence-electron chi connectivity index (χ1n) is 9.86. The molecule has 1 unspecified atom stereocenters. The first-order valence-corrected chi connectivity index (χ1v) is 9.86. The van der Waals surface area contributed by atoms with E-state index in [0.717, 1.165) is 24.8 Å². The van der Waals surface area contributed by atoms with Gasteiger partial charge in [-0.05, 0) is 48.9 Å². The van der Waals surface area contributed by atoms with Gasteiger partial charge < -0.3 is 15.3 Å². The fourth-order valence-corrected chi connectivity index (χ4v) is 3.67. The Morgan fingerprint density at radius 3 is 2.57 bits per heavy atom. The first-order chi connectivity index (χ1) is 13.6. The summed E-state index contributed by atoms with van der Waals surface area (Å²) in [6, 6.07) is 19.7. The van der Waals surface area contributed by atoms with Crippen molar-refractivity contribution in [3.8, 4) is 6.07 Å². The Morgan fingerprint density at radius 2 is 1.86 bits per heavy atom. The summed E-state index contributed by atoms with van der Waals surface area (Å²) < 4.78 is 0. The van der Waals surface area contributed by atoms with Crippen LogP contribution < -0.4 is 5.32 Å². The highest BCUT2D eigenvalue weighted by molar-refractivity contribution is 5.86. The van der Waals surface area contributed by atoms with Gasteiger partial charge in [0, 0.05) is 26.2 Å². The van der Waals surface area contributed by atoms with E-state index in [0.29, 0.717) is 31.6 Å². The topological polar surface area (TPSA) is 76.4 Å². The van der Waals surface area contributed by atoms with Gasteiger partial charge in [0.25, 0.3) is 5.91 Å². The Bertz CT molecular complexity index is 814. The van der Waals surface area contributed by atoms with E-state index in [2.05, 4.69) is 23.5 Å². The molecule has 2 N–H and O–H groups in total. The molecular formula is C23H27N3O2. The summed E-state index contributed by atoms with van der Waals surface area (Å²) in [5.41, 5.74) is 1.57. The number of hydrogen-bond donors (Lipinski definition) is 2. The third kappa shape index (κ3) is 5.19. The zero-order valence-electron chi connectivity index (χ0n) is 16.1. The van der Waals surface area contributed by atoms with Crippen LogP contribution in [-0.2, 0) is 17.8 Å². The Labute approximate surface area is 166 Å². The maximum atomic E-state index is 12.8. The van der Waals surface area contributed by atoms with Crippen molar-refractivity contribution in [2.45, 2.75) is 37.8 Å². The standard InChI is InChI=1S/C23H27N3O2/c24-16-20-9-11-21(12-10-20)17-25-18-23(28)13-5-15-26(22(23)27)14-4-8-19-6-2-1-3-7-19/h1-3,6-7,9-12,25,28H,4-5,8,13-15,17-18H2. The van der Waals surface area contributed by atoms with Crippen molar-refractivity contribution in [1.29, 1.82) is 5.26 Å². The van der Waals surface area contributed by atoms with Crippen LogP contribution in [0.25, 0.3) is 0 Å². The second-order valence-corrected chi connectivity index (χ2v) is 7.43. The lowest BCUT2D eigenvalue weighted by Crippen LogP contribution is -2.58. The minimum atomic E-state index is -1.34. The zero-order valence-corrected chi connectivity index (χ0v) is 16.1. The molecule has 1 amide bonds. The van der Waals surface area contributed by atoms with Gasteiger partial charge in [0.1, 0.15) is 0 Å². The number of aryl methyl sites for hydroxylation is 1. The van der Waals surface area contributed by atoms with Crippen molar-refractivity contribution in [3.05, 3.63) is 71.3 Å². The molecule has 0 radical (unpaired) electrons. The minimum Gasteiger partial charge on any atom is -0.379 e. The van der Waals surface area contributed by atoms with E-state index >= 15 is 0 Å². The molecule has 5 heteroatoms. The van der Waals surface area contributed by atoms with Crippen molar-refractivity contribution >= 4 is 5.91 Å². The van der Waals surface area contributed by atoms with Crippen LogP contribution in [0.5, 0.6) is 0 Å². The molecule has 28 heavy (non-hydrogen) atoms. The van der Waals surface area contributed by atoms with Crippen molar-refractivity contribution in [3.63, 3.8) is 0 Å². The second kappa shape index (κ2) is 9.50. The van der Waals surface area contributed by atoms with Crippen LogP contribution in [-0.4, -0.2) is 41.1 Å². The van der Waals surface area contributed by atoms with Gasteiger partial charge in [-0.1, -0.05) is 42.5 Å². The van der Waals surface area contributed by atoms with E-state index in [9.17, 15) is 9.90 Å². The van der Waals surface area contributed by atoms with Crippen LogP contribution in [0.3, 0.4) is 0 Å². The molecule has 0 aliphatic carbocycles. The van der Waals surface area contributed by atoms with E-state index in [-0.39, 0.29) is 12.5 Å². The van der Waals surface area contributed by atoms with Crippen molar-refractivity contribution in [2.24, 2.45) is 0 Å². The number of nitriles is 1. The third-order valence-electron chi connectivity index (χ3n) is 5.27. The Balaban J connectivity index is 1.48. The highest BCUT2D eigenvalue weighted by Crippen LogP contribution is 2.23. The highest BCUT2D eigenvalue weighted by atomic mass is 16.3. The van der Waals surface area contributed by atoms with E-state index in [1.54, 1.807) is 17.0 Å². The molecule has 1 aliphatic rings. The largest absolute Gasteiger partial charge is 0.379 e. The second-order valence-electron chi connectivity index (χ2n) is 7.43. The molecule has 1 saturated heterocycles. The van der Waals surface area contributed by atoms with Gasteiger partial charge in [-0.15, -0.1) is 0 Å². The van der Waals surface area contributed by atoms with E-state index in [1.807, 2.05) is 30.3 Å². The van der Waals surface area contributed by atoms with Crippen LogP contribution in [0.2, 0.25) is 0 Å². The van der Waals surface area contributed by atoms with Crippen LogP contribution in [0.15, 0.2) is 54.6 Å². The lowest BCUT2D eigenvalue weighted by Gasteiger charge is -2.38. The number of nitrogens with one attached hydrogen (secondary N) is 1. The lowest BCUT2D eigenvalue weighted by molar-refractivity contribution is -0.156. The molecule has 5 nitrogen and oxygen atoms in total. The van der Waals surface area contributed by atoms with Gasteiger partial charge in [-0.2, -0.15) is 5.26 Å². The van der Waals surface area contributed by atoms with Gasteiger partial charge >= 0.3 is 0 Å². The maximum absolute atomic E-state index is 12.8. The summed E-state index contributed by atoms with van der Waals surface area (Å²) in [7, 11) is 0. The average molecular weight is 377 g/mol. The number of piperidine rings is 1. The summed E-state index contributed by atoms with van der Waals surface area (Å²) in [6.45, 7) is 2.17. The number of likely N-dealkylation sites (tertiary alicyclic amines) is 1. The van der Waals surface area contributed by atoms with E-state index < -0.39 is 5.60 Å². The summed E-state index contributed by atoms with van der Waals surface area (Å²) in [5, 5.41) is 22.9. The lowest BCUT2D eigenvalue weighted by atomic mass is 9.91. The number of hydrogen-bond acceptors (Lipinski definition) is 4. The first kappa shape index (κ1) is 20.1. The summed E-state index contributed by atoms with van der Waals surface area (Å²) >= 11 is 0. The predicted molar refractivity (Wildman–Crippen MR) is 108 cm³/mol. The van der Waals surface area contributed by atoms with E-state index in [1.165, 1.54) is 5.56 Å². The molecule has 2 aromatic carbocycles. The molecule has 0 bridgehead atoms. The zero-order chi connectivity index (χ0) is 19.8. The Kier molecular flexibility index (Phi) is 6.80. The fraction of sp³-hybridized carbons (Fsp3) is 0.391. The summed E-state index contributed by atoms with van der Waals surface area (Å²) in [4.78, 5) is 14.6. The molecule has 0 aromatic heterocycles. The average Bonchev–Trinajstić information content (AvgIpc) is 2.73. The van der Waals surface area contributed by atoms with Gasteiger partial charge in [-0.25, -0.2) is 0 Å². The molecule has 2 aromatic rings. The van der Waals surface area contributed by atoms with Gasteiger partial charge in [-0.3, -0.25) is 4.79 Å². The van der Waals surface area contributed by atoms with Crippen LogP contribution >= 0.6 is 0 Å². The molecule has 1 heterocycles. The molecule has 3 rings (SSSR count). The SMILES string of the molecule is N#Cc1ccc(CNCC2(O)CCCN(CCCc3ccccc3)C2=O)cc1. The molecule has 1 aliphatic heterocycles. The molecule has 1 fully saturated rings. The van der Waals surface area contributed by atoms with Crippen LogP contribution in [0, 0.1) is 11.3 Å². The highest BCUT2D eigenvalue weighted by Gasteiger charge is 2.41. The summed E-state index contributed by atoms with van der Waals surface area (Å²) in [6.07, 6.45) is 3.12. The van der Waals surface area contributed by atoms with Gasteiger partial charge in [0.05, 0.1) is 11.6 Å². The Morgan fingerprint density at radius 1 is 1.11 bits per heavy atom. The number of carbonyl (C=O) groups excluding carboxylic acids is 1. The minimum absolute atomic E-state index is 0.167. The molecule has 146 valence electrons. The normalized spacial score (nSPS) is 19.4. The molecule has 0 spiro atoms. The van der Waals surface area contributed by atoms with Crippen molar-refractivity contribution in [1.82, 2.24) is 10.2 Å². The van der Waals surface area contributed by atoms with Crippen LogP contribution in [0.4, 0.5) is 0 Å². The monoisotopic (exact) mass is 377 g/mol. The quantitative estimate of drug-likeness (QED) is 0.741. The number of carbonyl (C=O) groups is 1. The summed E-state index contributed by atoms with van der Waals surface area (Å²) in [5.74, 6) is -0.167. The van der Waals surface area contributed by atoms with Gasteiger partial charge in [0.15, 0.2) is 5.60 Å². The van der Waals surface area contributed by atoms with Gasteiger partial charge in [0.2, 0.25) is 0 Å². The molecular weight excluding hydrogens is 350 g/mol. The van der Waals surface area contributed by atoms with Crippen LogP contribution in [0.1, 0.15) is 36.0 Å². The number of nitrogens with zero attached hydrogens (tertiary/aromatic N) is 2. The number of benzene rings is 2. The smallest absolute Gasteiger partial charge is 0.255 e. The predicted octanol–water partition coefficient (Wildman–Crippen LogP) is 2.63. The number of rotatable bonds is 8. The third-order valence-corrected chi connectivity index (χ3v) is 5.27. The number of amides is 1. The Hall–Kier alpha value is -2.68. The fourth-order valence-electron chi connectivity index (χ4n) is 3.67. The molecule has 0 saturated carbocycles. The maximum Gasteiger partial charge on any atom is 0.255 e. The van der Waals surface area contributed by atoms with Crippen molar-refractivity contribution < 1.29 is 9.90 Å². The van der Waals surface area contributed by atoms with E-state index in [4.69, 9.17) is 5.26 Å². The number of aliphatic hydroxyl groups is 1. The van der Waals surface area contributed by atoms with Crippen molar-refractivity contribution in [2.75, 3.05) is 19.6 Å².